The van der Waals surface area contributed by atoms with E-state index in [2.05, 4.69) is 16.2 Å². The van der Waals surface area contributed by atoms with E-state index in [0.717, 1.165) is 30.8 Å². The van der Waals surface area contributed by atoms with Crippen LogP contribution in [0.25, 0.3) is 0 Å². The third kappa shape index (κ3) is 1.98. The highest BCUT2D eigenvalue weighted by atomic mass is 16.5. The highest BCUT2D eigenvalue weighted by Crippen LogP contribution is 2.37. The molecule has 1 aromatic carbocycles. The van der Waals surface area contributed by atoms with Gasteiger partial charge in [-0.15, -0.1) is 0 Å². The minimum Gasteiger partial charge on any atom is -0.493 e. The molecule has 1 N–H and O–H groups in total. The van der Waals surface area contributed by atoms with E-state index in [1.54, 1.807) is 0 Å². The second-order valence-electron chi connectivity index (χ2n) is 5.63. The van der Waals surface area contributed by atoms with Crippen molar-refractivity contribution in [2.45, 2.75) is 37.2 Å². The Labute approximate surface area is 116 Å². The Hall–Kier alpha value is -1.88. The molecular formula is C15H16N2O3. The van der Waals surface area contributed by atoms with Crippen LogP contribution in [-0.4, -0.2) is 28.0 Å². The van der Waals surface area contributed by atoms with Gasteiger partial charge in [0.15, 0.2) is 5.82 Å². The summed E-state index contributed by atoms with van der Waals surface area (Å²) in [5.74, 6) is 2.70. The molecule has 1 aliphatic carbocycles. The number of fused-ring (bicyclic) bond motifs is 1. The maximum atomic E-state index is 9.33. The molecule has 1 unspecified atom stereocenters. The average molecular weight is 272 g/mol. The lowest BCUT2D eigenvalue weighted by molar-refractivity contribution is 0.0625. The third-order valence-electron chi connectivity index (χ3n) is 4.16. The van der Waals surface area contributed by atoms with Gasteiger partial charge in [-0.05, 0) is 30.9 Å². The number of hydrogen-bond acceptors (Lipinski definition) is 5. The van der Waals surface area contributed by atoms with Crippen LogP contribution in [0.1, 0.15) is 42.0 Å². The molecule has 1 saturated carbocycles. The first kappa shape index (κ1) is 11.9. The molecule has 5 heteroatoms. The summed E-state index contributed by atoms with van der Waals surface area (Å²) in [6.07, 6.45) is 2.12. The molecule has 2 heterocycles. The van der Waals surface area contributed by atoms with Crippen LogP contribution in [0, 0.1) is 0 Å². The largest absolute Gasteiger partial charge is 0.493 e. The molecule has 104 valence electrons. The second-order valence-corrected chi connectivity index (χ2v) is 5.63. The summed E-state index contributed by atoms with van der Waals surface area (Å²) in [6.45, 7) is 0.587. The Morgan fingerprint density at radius 2 is 2.00 bits per heavy atom. The van der Waals surface area contributed by atoms with Gasteiger partial charge in [0.1, 0.15) is 5.75 Å². The zero-order chi connectivity index (χ0) is 13.5. The van der Waals surface area contributed by atoms with Gasteiger partial charge < -0.3 is 14.4 Å². The maximum Gasteiger partial charge on any atom is 0.229 e. The summed E-state index contributed by atoms with van der Waals surface area (Å²) in [5, 5.41) is 13.4. The van der Waals surface area contributed by atoms with Gasteiger partial charge in [-0.2, -0.15) is 4.98 Å². The number of benzene rings is 1. The lowest BCUT2D eigenvalue weighted by Crippen LogP contribution is -2.26. The summed E-state index contributed by atoms with van der Waals surface area (Å²) in [5.41, 5.74) is 1.19. The summed E-state index contributed by atoms with van der Waals surface area (Å²) in [7, 11) is 0. The second kappa shape index (κ2) is 4.59. The number of rotatable bonds is 2. The van der Waals surface area contributed by atoms with Gasteiger partial charge in [-0.1, -0.05) is 23.4 Å². The van der Waals surface area contributed by atoms with Crippen LogP contribution in [0.2, 0.25) is 0 Å². The van der Waals surface area contributed by atoms with Crippen LogP contribution in [0.3, 0.4) is 0 Å². The highest BCUT2D eigenvalue weighted by molar-refractivity contribution is 5.36. The van der Waals surface area contributed by atoms with Crippen molar-refractivity contribution in [3.63, 3.8) is 0 Å². The molecule has 20 heavy (non-hydrogen) atoms. The first-order chi connectivity index (χ1) is 9.79. The van der Waals surface area contributed by atoms with Crippen LogP contribution in [-0.2, 0) is 6.42 Å². The summed E-state index contributed by atoms with van der Waals surface area (Å²) in [6, 6.07) is 8.06. The van der Waals surface area contributed by atoms with E-state index in [4.69, 9.17) is 9.26 Å². The van der Waals surface area contributed by atoms with Crippen LogP contribution < -0.4 is 4.74 Å². The Morgan fingerprint density at radius 1 is 1.15 bits per heavy atom. The fraction of sp³-hybridized carbons (Fsp3) is 0.467. The van der Waals surface area contributed by atoms with Crippen LogP contribution in [0.5, 0.6) is 5.75 Å². The van der Waals surface area contributed by atoms with Crippen LogP contribution in [0.4, 0.5) is 0 Å². The fourth-order valence-electron chi connectivity index (χ4n) is 2.86. The topological polar surface area (TPSA) is 68.4 Å². The molecule has 4 rings (SSSR count). The quantitative estimate of drug-likeness (QED) is 0.906. The van der Waals surface area contributed by atoms with Gasteiger partial charge in [-0.25, -0.2) is 0 Å². The smallest absolute Gasteiger partial charge is 0.229 e. The van der Waals surface area contributed by atoms with E-state index in [-0.39, 0.29) is 17.9 Å². The average Bonchev–Trinajstić information content (AvgIpc) is 2.93. The van der Waals surface area contributed by atoms with Crippen molar-refractivity contribution in [1.29, 1.82) is 0 Å². The number of aromatic nitrogens is 2. The molecule has 2 aromatic rings. The molecule has 5 nitrogen and oxygen atoms in total. The van der Waals surface area contributed by atoms with Crippen molar-refractivity contribution < 1.29 is 14.4 Å². The number of ether oxygens (including phenoxy) is 1. The van der Waals surface area contributed by atoms with E-state index in [1.165, 1.54) is 5.56 Å². The number of para-hydroxylation sites is 1. The number of aliphatic hydroxyl groups is 1. The predicted octanol–water partition coefficient (Wildman–Crippen LogP) is 2.03. The first-order valence-corrected chi connectivity index (χ1v) is 7.02. The zero-order valence-corrected chi connectivity index (χ0v) is 11.0. The SMILES string of the molecule is OC1CC(c2nc(C3COc4ccccc4C3)no2)C1. The minimum absolute atomic E-state index is 0.146. The fourth-order valence-corrected chi connectivity index (χ4v) is 2.86. The van der Waals surface area contributed by atoms with E-state index >= 15 is 0 Å². The Morgan fingerprint density at radius 3 is 2.85 bits per heavy atom. The Bertz CT molecular complexity index is 619. The van der Waals surface area contributed by atoms with Crippen molar-refractivity contribution in [1.82, 2.24) is 10.1 Å². The highest BCUT2D eigenvalue weighted by Gasteiger charge is 2.34. The first-order valence-electron chi connectivity index (χ1n) is 7.02. The molecule has 1 aliphatic heterocycles. The lowest BCUT2D eigenvalue weighted by atomic mass is 9.82. The van der Waals surface area contributed by atoms with Gasteiger partial charge in [0.05, 0.1) is 18.6 Å². The molecule has 0 spiro atoms. The van der Waals surface area contributed by atoms with Gasteiger partial charge in [0, 0.05) is 5.92 Å². The molecule has 0 radical (unpaired) electrons. The molecule has 0 bridgehead atoms. The normalized spacial score (nSPS) is 28.4. The summed E-state index contributed by atoms with van der Waals surface area (Å²) in [4.78, 5) is 4.49. The number of hydrogen-bond donors (Lipinski definition) is 1. The van der Waals surface area contributed by atoms with Crippen molar-refractivity contribution in [2.75, 3.05) is 6.61 Å². The predicted molar refractivity (Wildman–Crippen MR) is 70.7 cm³/mol. The Balaban J connectivity index is 1.52. The van der Waals surface area contributed by atoms with E-state index in [1.807, 2.05) is 18.2 Å². The molecule has 0 saturated heterocycles. The van der Waals surface area contributed by atoms with Crippen LogP contribution >= 0.6 is 0 Å². The van der Waals surface area contributed by atoms with Gasteiger partial charge in [0.25, 0.3) is 0 Å². The van der Waals surface area contributed by atoms with Crippen molar-refractivity contribution >= 4 is 0 Å². The third-order valence-corrected chi connectivity index (χ3v) is 4.16. The van der Waals surface area contributed by atoms with Gasteiger partial charge in [0.2, 0.25) is 5.89 Å². The van der Waals surface area contributed by atoms with Crippen molar-refractivity contribution in [2.24, 2.45) is 0 Å². The summed E-state index contributed by atoms with van der Waals surface area (Å²) >= 11 is 0. The standard InChI is InChI=1S/C15H16N2O3/c18-12-6-10(7-12)15-16-14(17-20-15)11-5-9-3-1-2-4-13(9)19-8-11/h1-4,10-12,18H,5-8H2. The minimum atomic E-state index is -0.208. The molecule has 2 aliphatic rings. The zero-order valence-electron chi connectivity index (χ0n) is 11.0. The Kier molecular flexibility index (Phi) is 2.73. The van der Waals surface area contributed by atoms with Crippen molar-refractivity contribution in [3.8, 4) is 5.75 Å². The molecule has 1 atom stereocenters. The van der Waals surface area contributed by atoms with E-state index in [0.29, 0.717) is 12.5 Å². The van der Waals surface area contributed by atoms with Crippen LogP contribution in [0.15, 0.2) is 28.8 Å². The van der Waals surface area contributed by atoms with E-state index in [9.17, 15) is 5.11 Å². The lowest BCUT2D eigenvalue weighted by Gasteiger charge is -2.27. The monoisotopic (exact) mass is 272 g/mol. The number of aliphatic hydroxyl groups excluding tert-OH is 1. The molecule has 1 aromatic heterocycles. The van der Waals surface area contributed by atoms with Gasteiger partial charge >= 0.3 is 0 Å². The van der Waals surface area contributed by atoms with Gasteiger partial charge in [-0.3, -0.25) is 0 Å². The molecule has 0 amide bonds. The molecular weight excluding hydrogens is 256 g/mol. The maximum absolute atomic E-state index is 9.33. The van der Waals surface area contributed by atoms with E-state index < -0.39 is 0 Å². The number of nitrogens with zero attached hydrogens (tertiary/aromatic N) is 2. The summed E-state index contributed by atoms with van der Waals surface area (Å²) < 4.78 is 11.1. The molecule has 1 fully saturated rings. The van der Waals surface area contributed by atoms with Crippen molar-refractivity contribution in [3.05, 3.63) is 41.5 Å².